The second kappa shape index (κ2) is 30.7. The molecule has 0 aliphatic heterocycles. The van der Waals surface area contributed by atoms with Crippen molar-refractivity contribution >= 4 is 23.5 Å². The standard InChI is InChI=1S/C60H88O6/c1-13-15-17-19-21-23-25-37-55(61)65-53-43-59(9,10)51(49(7)57(53)63)41-39-47(5)35-29-33-45(3)31-27-28-32-46(4)34-30-36-48(6)40-42-52-50(8)58(64)54(44-60(52,11)12)66-56(62)38-26-24-22-20-18-16-14-2/h27-36,39-42,53-54H,13-26,37-38,43-44H2,1-12H3/b28-27+,33-29+,34-30+,41-39+,42-40+,45-31+,46-32+,47-35+,48-36+. The Bertz CT molecular complexity index is 1820. The molecular formula is C60H88O6. The molecule has 2 aliphatic carbocycles. The molecule has 0 N–H and O–H groups in total. The highest BCUT2D eigenvalue weighted by molar-refractivity contribution is 6.02. The van der Waals surface area contributed by atoms with Gasteiger partial charge in [-0.05, 0) is 87.5 Å². The Labute approximate surface area is 402 Å². The molecular weight excluding hydrogens is 817 g/mol. The van der Waals surface area contributed by atoms with Crippen LogP contribution in [0.5, 0.6) is 0 Å². The highest BCUT2D eigenvalue weighted by atomic mass is 16.6. The van der Waals surface area contributed by atoms with Crippen LogP contribution in [0.2, 0.25) is 0 Å². The normalized spacial score (nSPS) is 20.1. The zero-order valence-corrected chi connectivity index (χ0v) is 43.4. The molecule has 0 aromatic rings. The van der Waals surface area contributed by atoms with Crippen LogP contribution in [0.1, 0.15) is 199 Å². The van der Waals surface area contributed by atoms with Crippen LogP contribution in [0.4, 0.5) is 0 Å². The van der Waals surface area contributed by atoms with Crippen LogP contribution in [0, 0.1) is 10.8 Å². The molecule has 66 heavy (non-hydrogen) atoms. The van der Waals surface area contributed by atoms with Crippen LogP contribution in [0.15, 0.2) is 130 Å². The third-order valence-corrected chi connectivity index (χ3v) is 12.8. The Balaban J connectivity index is 1.90. The summed E-state index contributed by atoms with van der Waals surface area (Å²) in [5, 5.41) is 0. The molecule has 0 heterocycles. The quantitative estimate of drug-likeness (QED) is 0.0442. The monoisotopic (exact) mass is 905 g/mol. The molecule has 0 aromatic heterocycles. The molecule has 0 fully saturated rings. The Hall–Kier alpha value is -4.58. The van der Waals surface area contributed by atoms with Gasteiger partial charge in [-0.1, -0.05) is 226 Å². The van der Waals surface area contributed by atoms with Gasteiger partial charge in [0.2, 0.25) is 0 Å². The van der Waals surface area contributed by atoms with Crippen LogP contribution in [-0.2, 0) is 28.7 Å². The minimum atomic E-state index is -0.716. The van der Waals surface area contributed by atoms with Gasteiger partial charge in [-0.3, -0.25) is 19.2 Å². The fourth-order valence-electron chi connectivity index (χ4n) is 8.65. The molecule has 6 nitrogen and oxygen atoms in total. The maximum atomic E-state index is 13.3. The van der Waals surface area contributed by atoms with E-state index in [4.69, 9.17) is 9.47 Å². The lowest BCUT2D eigenvalue weighted by Gasteiger charge is -2.36. The van der Waals surface area contributed by atoms with E-state index in [0.717, 1.165) is 72.0 Å². The van der Waals surface area contributed by atoms with E-state index in [1.54, 1.807) is 0 Å². The summed E-state index contributed by atoms with van der Waals surface area (Å²) in [7, 11) is 0. The molecule has 6 heteroatoms. The summed E-state index contributed by atoms with van der Waals surface area (Å²) in [5.74, 6) is -0.712. The van der Waals surface area contributed by atoms with Crippen LogP contribution in [-0.4, -0.2) is 35.7 Å². The molecule has 0 radical (unpaired) electrons. The van der Waals surface area contributed by atoms with Crippen molar-refractivity contribution in [3.8, 4) is 0 Å². The number of allylic oxidation sites excluding steroid dienone is 20. The molecule has 2 rings (SSSR count). The lowest BCUT2D eigenvalue weighted by molar-refractivity contribution is -0.156. The minimum absolute atomic E-state index is 0.0908. The smallest absolute Gasteiger partial charge is 0.306 e. The molecule has 2 atom stereocenters. The molecule has 2 aliphatic rings. The van der Waals surface area contributed by atoms with E-state index in [9.17, 15) is 19.2 Å². The predicted molar refractivity (Wildman–Crippen MR) is 278 cm³/mol. The SMILES string of the molecule is CCCCCCCCCC(=O)OC1CC(C)(C)C(/C=C/C(C)=C/C=C/C(C)=C/C=C/C=C(C)/C=C/C=C(C)/C=C/C2=C(C)C(=O)C(OC(=O)CCCCCCCCC)CC2(C)C)=C(C)C1=O. The van der Waals surface area contributed by atoms with Crippen molar-refractivity contribution in [1.82, 2.24) is 0 Å². The van der Waals surface area contributed by atoms with Crippen molar-refractivity contribution in [2.24, 2.45) is 10.8 Å². The number of ketones is 2. The van der Waals surface area contributed by atoms with Crippen molar-refractivity contribution in [3.63, 3.8) is 0 Å². The van der Waals surface area contributed by atoms with Gasteiger partial charge in [-0.25, -0.2) is 0 Å². The Morgan fingerprint density at radius 2 is 0.788 bits per heavy atom. The maximum absolute atomic E-state index is 13.3. The first kappa shape index (κ1) is 57.5. The number of Topliss-reactive ketones (excluding diaryl/α,β-unsaturated/α-hetero) is 2. The van der Waals surface area contributed by atoms with Gasteiger partial charge in [0.1, 0.15) is 0 Å². The van der Waals surface area contributed by atoms with Gasteiger partial charge in [-0.2, -0.15) is 0 Å². The van der Waals surface area contributed by atoms with Crippen molar-refractivity contribution < 1.29 is 28.7 Å². The summed E-state index contributed by atoms with van der Waals surface area (Å²) in [6.45, 7) is 24.8. The van der Waals surface area contributed by atoms with E-state index in [0.29, 0.717) is 36.8 Å². The summed E-state index contributed by atoms with van der Waals surface area (Å²) in [6.07, 6.45) is 44.8. The largest absolute Gasteiger partial charge is 0.454 e. The van der Waals surface area contributed by atoms with E-state index >= 15 is 0 Å². The number of ether oxygens (including phenoxy) is 2. The van der Waals surface area contributed by atoms with E-state index in [1.807, 2.05) is 76.3 Å². The summed E-state index contributed by atoms with van der Waals surface area (Å²) in [4.78, 5) is 51.7. The number of unbranched alkanes of at least 4 members (excludes halogenated alkanes) is 12. The second-order valence-electron chi connectivity index (χ2n) is 20.1. The van der Waals surface area contributed by atoms with Gasteiger partial charge < -0.3 is 9.47 Å². The van der Waals surface area contributed by atoms with Gasteiger partial charge in [0.05, 0.1) is 0 Å². The average molecular weight is 905 g/mol. The third-order valence-electron chi connectivity index (χ3n) is 12.8. The first-order valence-electron chi connectivity index (χ1n) is 25.3. The average Bonchev–Trinajstić information content (AvgIpc) is 3.25. The lowest BCUT2D eigenvalue weighted by Crippen LogP contribution is -2.39. The number of esters is 2. The fourth-order valence-corrected chi connectivity index (χ4v) is 8.65. The van der Waals surface area contributed by atoms with E-state index in [2.05, 4.69) is 91.8 Å². The van der Waals surface area contributed by atoms with Gasteiger partial charge >= 0.3 is 11.9 Å². The number of rotatable bonds is 28. The Morgan fingerprint density at radius 3 is 1.14 bits per heavy atom. The van der Waals surface area contributed by atoms with Crippen molar-refractivity contribution in [3.05, 3.63) is 130 Å². The van der Waals surface area contributed by atoms with Crippen molar-refractivity contribution in [2.75, 3.05) is 0 Å². The molecule has 0 aromatic carbocycles. The molecule has 0 saturated carbocycles. The number of hydrogen-bond acceptors (Lipinski definition) is 6. The van der Waals surface area contributed by atoms with E-state index in [1.165, 1.54) is 51.4 Å². The minimum Gasteiger partial charge on any atom is -0.454 e. The first-order valence-corrected chi connectivity index (χ1v) is 25.3. The van der Waals surface area contributed by atoms with Crippen LogP contribution in [0.3, 0.4) is 0 Å². The zero-order chi connectivity index (χ0) is 49.1. The van der Waals surface area contributed by atoms with Crippen LogP contribution < -0.4 is 0 Å². The molecule has 0 spiro atoms. The van der Waals surface area contributed by atoms with Gasteiger partial charge in [0.25, 0.3) is 0 Å². The van der Waals surface area contributed by atoms with Gasteiger partial charge in [-0.15, -0.1) is 0 Å². The molecule has 0 bridgehead atoms. The van der Waals surface area contributed by atoms with Crippen molar-refractivity contribution in [1.29, 1.82) is 0 Å². The van der Waals surface area contributed by atoms with Gasteiger partial charge in [0, 0.05) is 25.7 Å². The zero-order valence-electron chi connectivity index (χ0n) is 43.4. The van der Waals surface area contributed by atoms with E-state index < -0.39 is 12.2 Å². The van der Waals surface area contributed by atoms with Gasteiger partial charge in [0.15, 0.2) is 23.8 Å². The highest BCUT2D eigenvalue weighted by Gasteiger charge is 2.41. The number of carbonyl (C=O) groups excluding carboxylic acids is 4. The topological polar surface area (TPSA) is 86.7 Å². The Kier molecular flexibility index (Phi) is 26.7. The second-order valence-corrected chi connectivity index (χ2v) is 20.1. The van der Waals surface area contributed by atoms with E-state index in [-0.39, 0.29) is 34.3 Å². The number of carbonyl (C=O) groups is 4. The summed E-state index contributed by atoms with van der Waals surface area (Å²) >= 11 is 0. The molecule has 0 amide bonds. The predicted octanol–water partition coefficient (Wildman–Crippen LogP) is 16.3. The number of hydrogen-bond donors (Lipinski definition) is 0. The maximum Gasteiger partial charge on any atom is 0.306 e. The molecule has 364 valence electrons. The molecule has 0 saturated heterocycles. The van der Waals surface area contributed by atoms with Crippen molar-refractivity contribution in [2.45, 2.75) is 211 Å². The summed E-state index contributed by atoms with van der Waals surface area (Å²) in [5.41, 5.74) is 7.05. The first-order chi connectivity index (χ1) is 31.3. The fraction of sp³-hybridized carbons (Fsp3) is 0.567. The third kappa shape index (κ3) is 21.8. The van der Waals surface area contributed by atoms with Crippen LogP contribution >= 0.6 is 0 Å². The lowest BCUT2D eigenvalue weighted by atomic mass is 9.71. The summed E-state index contributed by atoms with van der Waals surface area (Å²) in [6, 6.07) is 0. The summed E-state index contributed by atoms with van der Waals surface area (Å²) < 4.78 is 11.5. The Morgan fingerprint density at radius 1 is 0.485 bits per heavy atom. The highest BCUT2D eigenvalue weighted by Crippen LogP contribution is 2.42. The van der Waals surface area contributed by atoms with Crippen LogP contribution in [0.25, 0.3) is 0 Å². The molecule has 2 unspecified atom stereocenters.